The molecule has 2 atom stereocenters. The van der Waals surface area contributed by atoms with Gasteiger partial charge in [-0.2, -0.15) is 0 Å². The van der Waals surface area contributed by atoms with Crippen molar-refractivity contribution in [2.45, 2.75) is 45.2 Å². The third-order valence-electron chi connectivity index (χ3n) is 3.83. The third kappa shape index (κ3) is 3.40. The number of benzene rings is 1. The largest absolute Gasteiger partial charge is 0.363 e. The Morgan fingerprint density at radius 3 is 2.84 bits per heavy atom. The second-order valence-electron chi connectivity index (χ2n) is 5.20. The van der Waals surface area contributed by atoms with E-state index in [9.17, 15) is 4.39 Å². The normalized spacial score (nSPS) is 23.7. The van der Waals surface area contributed by atoms with Gasteiger partial charge in [0.15, 0.2) is 0 Å². The minimum absolute atomic E-state index is 0.219. The first-order valence-electron chi connectivity index (χ1n) is 7.10. The van der Waals surface area contributed by atoms with Crippen LogP contribution in [0.15, 0.2) is 18.2 Å². The van der Waals surface area contributed by atoms with Gasteiger partial charge in [-0.15, -0.1) is 0 Å². The molecule has 1 aliphatic heterocycles. The maximum absolute atomic E-state index is 14.1. The van der Waals surface area contributed by atoms with E-state index in [1.54, 1.807) is 12.1 Å². The smallest absolute Gasteiger partial charge is 0.147 e. The van der Waals surface area contributed by atoms with Crippen LogP contribution in [0, 0.1) is 5.82 Å². The van der Waals surface area contributed by atoms with E-state index in [2.05, 4.69) is 24.1 Å². The Kier molecular flexibility index (Phi) is 5.06. The van der Waals surface area contributed by atoms with Crippen LogP contribution in [0.4, 0.5) is 10.1 Å². The Hall–Kier alpha value is -0.800. The van der Waals surface area contributed by atoms with Gasteiger partial charge in [-0.05, 0) is 31.0 Å². The zero-order chi connectivity index (χ0) is 13.8. The number of anilines is 1. The van der Waals surface area contributed by atoms with Crippen LogP contribution in [0.5, 0.6) is 0 Å². The predicted molar refractivity (Wildman–Crippen MR) is 79.5 cm³/mol. The molecular weight excluding hydrogens is 263 g/mol. The highest BCUT2D eigenvalue weighted by Gasteiger charge is 2.27. The maximum atomic E-state index is 14.1. The van der Waals surface area contributed by atoms with Gasteiger partial charge in [-0.3, -0.25) is 0 Å². The van der Waals surface area contributed by atoms with Gasteiger partial charge in [-0.1, -0.05) is 31.9 Å². The number of piperazine rings is 1. The summed E-state index contributed by atoms with van der Waals surface area (Å²) < 4.78 is 14.1. The van der Waals surface area contributed by atoms with Crippen LogP contribution < -0.4 is 10.2 Å². The Balaban J connectivity index is 2.22. The SMILES string of the molecule is CCCC1CN(c2ccc(Cl)cc2F)C(CC)CN1. The topological polar surface area (TPSA) is 15.3 Å². The summed E-state index contributed by atoms with van der Waals surface area (Å²) in [7, 11) is 0. The molecule has 19 heavy (non-hydrogen) atoms. The summed E-state index contributed by atoms with van der Waals surface area (Å²) in [6.07, 6.45) is 3.28. The third-order valence-corrected chi connectivity index (χ3v) is 4.06. The fraction of sp³-hybridized carbons (Fsp3) is 0.600. The van der Waals surface area contributed by atoms with Crippen LogP contribution in [0.25, 0.3) is 0 Å². The molecule has 1 aromatic rings. The van der Waals surface area contributed by atoms with Crippen molar-refractivity contribution in [2.75, 3.05) is 18.0 Å². The Morgan fingerprint density at radius 2 is 2.21 bits per heavy atom. The van der Waals surface area contributed by atoms with Gasteiger partial charge in [0.05, 0.1) is 5.69 Å². The zero-order valence-electron chi connectivity index (χ0n) is 11.6. The molecule has 0 aliphatic carbocycles. The van der Waals surface area contributed by atoms with Crippen molar-refractivity contribution in [1.29, 1.82) is 0 Å². The van der Waals surface area contributed by atoms with Gasteiger partial charge < -0.3 is 10.2 Å². The van der Waals surface area contributed by atoms with E-state index in [1.165, 1.54) is 6.07 Å². The second-order valence-corrected chi connectivity index (χ2v) is 5.64. The van der Waals surface area contributed by atoms with Gasteiger partial charge in [-0.25, -0.2) is 4.39 Å². The molecule has 0 radical (unpaired) electrons. The summed E-state index contributed by atoms with van der Waals surface area (Å²) in [4.78, 5) is 2.20. The Labute approximate surface area is 119 Å². The molecule has 0 aromatic heterocycles. The highest BCUT2D eigenvalue weighted by atomic mass is 35.5. The van der Waals surface area contributed by atoms with Crippen LogP contribution in [-0.4, -0.2) is 25.2 Å². The van der Waals surface area contributed by atoms with E-state index in [4.69, 9.17) is 11.6 Å². The van der Waals surface area contributed by atoms with Crippen molar-refractivity contribution in [3.05, 3.63) is 29.0 Å². The van der Waals surface area contributed by atoms with Gasteiger partial charge in [0.1, 0.15) is 5.82 Å². The maximum Gasteiger partial charge on any atom is 0.147 e. The fourth-order valence-corrected chi connectivity index (χ4v) is 2.94. The number of nitrogens with one attached hydrogen (secondary N) is 1. The summed E-state index contributed by atoms with van der Waals surface area (Å²) in [5.74, 6) is -0.219. The monoisotopic (exact) mass is 284 g/mol. The van der Waals surface area contributed by atoms with Crippen LogP contribution in [-0.2, 0) is 0 Å². The number of hydrogen-bond acceptors (Lipinski definition) is 2. The second kappa shape index (κ2) is 6.58. The summed E-state index contributed by atoms with van der Waals surface area (Å²) in [6, 6.07) is 5.77. The van der Waals surface area contributed by atoms with E-state index in [0.29, 0.717) is 22.8 Å². The first kappa shape index (κ1) is 14.6. The number of halogens is 2. The first-order chi connectivity index (χ1) is 9.15. The van der Waals surface area contributed by atoms with Crippen LogP contribution in [0.1, 0.15) is 33.1 Å². The average molecular weight is 285 g/mol. The van der Waals surface area contributed by atoms with Crippen molar-refractivity contribution in [3.63, 3.8) is 0 Å². The lowest BCUT2D eigenvalue weighted by molar-refractivity contribution is 0.366. The minimum atomic E-state index is -0.219. The van der Waals surface area contributed by atoms with E-state index in [0.717, 1.165) is 32.4 Å². The van der Waals surface area contributed by atoms with E-state index in [-0.39, 0.29) is 5.82 Å². The molecule has 0 spiro atoms. The van der Waals surface area contributed by atoms with E-state index < -0.39 is 0 Å². The quantitative estimate of drug-likeness (QED) is 0.904. The summed E-state index contributed by atoms with van der Waals surface area (Å²) in [5.41, 5.74) is 0.679. The van der Waals surface area contributed by atoms with Crippen LogP contribution in [0.3, 0.4) is 0 Å². The molecule has 2 unspecified atom stereocenters. The van der Waals surface area contributed by atoms with Gasteiger partial charge in [0, 0.05) is 30.2 Å². The van der Waals surface area contributed by atoms with E-state index >= 15 is 0 Å². The molecule has 1 saturated heterocycles. The average Bonchev–Trinajstić information content (AvgIpc) is 2.39. The highest BCUT2D eigenvalue weighted by molar-refractivity contribution is 6.30. The molecule has 1 fully saturated rings. The molecule has 2 nitrogen and oxygen atoms in total. The summed E-state index contributed by atoms with van der Waals surface area (Å²) in [5, 5.41) is 4.01. The minimum Gasteiger partial charge on any atom is -0.363 e. The van der Waals surface area contributed by atoms with Gasteiger partial charge in [0.25, 0.3) is 0 Å². The van der Waals surface area contributed by atoms with Crippen molar-refractivity contribution in [3.8, 4) is 0 Å². The van der Waals surface area contributed by atoms with Crippen molar-refractivity contribution in [1.82, 2.24) is 5.32 Å². The number of nitrogens with zero attached hydrogens (tertiary/aromatic N) is 1. The fourth-order valence-electron chi connectivity index (χ4n) is 2.78. The summed E-state index contributed by atoms with van der Waals surface area (Å²) in [6.45, 7) is 6.11. The lowest BCUT2D eigenvalue weighted by Crippen LogP contribution is -2.56. The molecule has 1 aliphatic rings. The van der Waals surface area contributed by atoms with E-state index in [1.807, 2.05) is 0 Å². The van der Waals surface area contributed by atoms with Gasteiger partial charge in [0.2, 0.25) is 0 Å². The highest BCUT2D eigenvalue weighted by Crippen LogP contribution is 2.27. The van der Waals surface area contributed by atoms with Crippen molar-refractivity contribution >= 4 is 17.3 Å². The molecule has 1 aromatic carbocycles. The molecule has 106 valence electrons. The standard InChI is InChI=1S/C15H22ClFN2/c1-3-5-12-10-19(13(4-2)9-18-12)15-7-6-11(16)8-14(15)17/h6-8,12-13,18H,3-5,9-10H2,1-2H3. The van der Waals surface area contributed by atoms with Crippen molar-refractivity contribution in [2.24, 2.45) is 0 Å². The molecule has 1 heterocycles. The number of hydrogen-bond donors (Lipinski definition) is 1. The Bertz CT molecular complexity index is 425. The molecule has 4 heteroatoms. The van der Waals surface area contributed by atoms with Crippen LogP contribution in [0.2, 0.25) is 5.02 Å². The lowest BCUT2D eigenvalue weighted by atomic mass is 10.0. The molecule has 0 amide bonds. The van der Waals surface area contributed by atoms with Crippen molar-refractivity contribution < 1.29 is 4.39 Å². The predicted octanol–water partition coefficient (Wildman–Crippen LogP) is 3.84. The summed E-state index contributed by atoms with van der Waals surface area (Å²) >= 11 is 5.83. The lowest BCUT2D eigenvalue weighted by Gasteiger charge is -2.42. The first-order valence-corrected chi connectivity index (χ1v) is 7.48. The molecular formula is C15H22ClFN2. The molecule has 2 rings (SSSR count). The number of rotatable bonds is 4. The van der Waals surface area contributed by atoms with Gasteiger partial charge >= 0.3 is 0 Å². The van der Waals surface area contributed by atoms with Crippen LogP contribution >= 0.6 is 11.6 Å². The molecule has 0 bridgehead atoms. The molecule has 1 N–H and O–H groups in total. The molecule has 0 saturated carbocycles. The zero-order valence-corrected chi connectivity index (χ0v) is 12.4. The Morgan fingerprint density at radius 1 is 1.42 bits per heavy atom.